The summed E-state index contributed by atoms with van der Waals surface area (Å²) in [5.74, 6) is 2.89. The van der Waals surface area contributed by atoms with Crippen LogP contribution in [0.5, 0.6) is 17.2 Å². The Kier molecular flexibility index (Phi) is 12.0. The summed E-state index contributed by atoms with van der Waals surface area (Å²) < 4.78 is 22.0. The van der Waals surface area contributed by atoms with Crippen molar-refractivity contribution in [3.63, 3.8) is 0 Å². The third kappa shape index (κ3) is 10.4. The number of hydrogen-bond donors (Lipinski definition) is 3. The third-order valence-electron chi connectivity index (χ3n) is 5.99. The summed E-state index contributed by atoms with van der Waals surface area (Å²) in [6.07, 6.45) is 0.831. The summed E-state index contributed by atoms with van der Waals surface area (Å²) in [7, 11) is 0. The Bertz CT molecular complexity index is 1470. The highest BCUT2D eigenvalue weighted by molar-refractivity contribution is 5.86. The number of aromatic nitrogens is 3. The van der Waals surface area contributed by atoms with Crippen LogP contribution >= 0.6 is 0 Å². The molecule has 11 nitrogen and oxygen atoms in total. The van der Waals surface area contributed by atoms with Crippen molar-refractivity contribution in [1.29, 1.82) is 0 Å². The summed E-state index contributed by atoms with van der Waals surface area (Å²) in [6.45, 7) is 5.71. The summed E-state index contributed by atoms with van der Waals surface area (Å²) >= 11 is 0. The SMILES string of the molecule is C=C(C)C(=O)OCCOc1cccc(Cc2nc(Cc3cccc(OCCO)c3)nc(Nc3cccc(OCCO)c3)n2)c1. The van der Waals surface area contributed by atoms with Crippen LogP contribution in [-0.4, -0.2) is 70.8 Å². The molecule has 4 rings (SSSR count). The monoisotopic (exact) mass is 600 g/mol. The van der Waals surface area contributed by atoms with Gasteiger partial charge in [-0.1, -0.05) is 36.9 Å². The molecule has 3 aromatic carbocycles. The maximum atomic E-state index is 11.6. The molecule has 0 spiro atoms. The van der Waals surface area contributed by atoms with Crippen LogP contribution in [-0.2, 0) is 22.4 Å². The van der Waals surface area contributed by atoms with Crippen molar-refractivity contribution in [2.75, 3.05) is 45.0 Å². The molecular formula is C33H36N4O7. The molecule has 1 heterocycles. The number of anilines is 2. The van der Waals surface area contributed by atoms with Gasteiger partial charge >= 0.3 is 5.97 Å². The minimum Gasteiger partial charge on any atom is -0.491 e. The molecule has 3 N–H and O–H groups in total. The molecular weight excluding hydrogens is 564 g/mol. The fourth-order valence-corrected chi connectivity index (χ4v) is 4.07. The zero-order chi connectivity index (χ0) is 31.1. The summed E-state index contributed by atoms with van der Waals surface area (Å²) in [4.78, 5) is 25.7. The van der Waals surface area contributed by atoms with Gasteiger partial charge in [0.2, 0.25) is 5.95 Å². The quantitative estimate of drug-likeness (QED) is 0.0917. The second-order valence-electron chi connectivity index (χ2n) is 9.70. The van der Waals surface area contributed by atoms with E-state index in [9.17, 15) is 4.79 Å². The third-order valence-corrected chi connectivity index (χ3v) is 5.99. The Balaban J connectivity index is 1.54. The number of esters is 1. The molecule has 1 aromatic heterocycles. The molecule has 0 aliphatic carbocycles. The Morgan fingerprint density at radius 2 is 1.25 bits per heavy atom. The van der Waals surface area contributed by atoms with Gasteiger partial charge in [-0.2, -0.15) is 9.97 Å². The van der Waals surface area contributed by atoms with Gasteiger partial charge in [0.05, 0.1) is 13.2 Å². The topological polar surface area (TPSA) is 145 Å². The first-order valence-corrected chi connectivity index (χ1v) is 14.1. The maximum absolute atomic E-state index is 11.6. The lowest BCUT2D eigenvalue weighted by molar-refractivity contribution is -0.139. The number of nitrogens with one attached hydrogen (secondary N) is 1. The van der Waals surface area contributed by atoms with Crippen molar-refractivity contribution in [2.45, 2.75) is 19.8 Å². The maximum Gasteiger partial charge on any atom is 0.333 e. The van der Waals surface area contributed by atoms with Crippen molar-refractivity contribution in [3.05, 3.63) is 108 Å². The number of ether oxygens (including phenoxy) is 4. The Hall–Kier alpha value is -5.00. The van der Waals surface area contributed by atoms with Crippen molar-refractivity contribution >= 4 is 17.6 Å². The molecule has 0 saturated carbocycles. The zero-order valence-electron chi connectivity index (χ0n) is 24.6. The van der Waals surface area contributed by atoms with Gasteiger partial charge in [0.25, 0.3) is 0 Å². The lowest BCUT2D eigenvalue weighted by atomic mass is 10.1. The molecule has 0 amide bonds. The summed E-state index contributed by atoms with van der Waals surface area (Å²) in [6, 6.07) is 22.4. The van der Waals surface area contributed by atoms with Gasteiger partial charge in [0.15, 0.2) is 0 Å². The van der Waals surface area contributed by atoms with Crippen molar-refractivity contribution in [2.24, 2.45) is 0 Å². The van der Waals surface area contributed by atoms with E-state index < -0.39 is 5.97 Å². The normalized spacial score (nSPS) is 10.6. The van der Waals surface area contributed by atoms with E-state index in [0.29, 0.717) is 58.9 Å². The molecule has 11 heteroatoms. The second kappa shape index (κ2) is 16.6. The van der Waals surface area contributed by atoms with Crippen molar-refractivity contribution in [3.8, 4) is 17.2 Å². The highest BCUT2D eigenvalue weighted by Crippen LogP contribution is 2.22. The van der Waals surface area contributed by atoms with Gasteiger partial charge in [-0.25, -0.2) is 9.78 Å². The number of carbonyl (C=O) groups excluding carboxylic acids is 1. The fraction of sp³-hybridized carbons (Fsp3) is 0.273. The van der Waals surface area contributed by atoms with Crippen LogP contribution in [0.3, 0.4) is 0 Å². The van der Waals surface area contributed by atoms with E-state index in [1.165, 1.54) is 0 Å². The van der Waals surface area contributed by atoms with Crippen LogP contribution in [0.2, 0.25) is 0 Å². The standard InChI is InChI=1S/C33H36N4O7/c1-23(2)32(40)44-17-16-43-28-10-4-7-25(19-28)21-31-35-30(20-24-6-3-9-27(18-24)41-14-12-38)36-33(37-31)34-26-8-5-11-29(22-26)42-15-13-39/h3-11,18-19,22,38-39H,1,12-17,20-21H2,2H3,(H,34,35,36,37). The van der Waals surface area contributed by atoms with Gasteiger partial charge in [-0.15, -0.1) is 0 Å². The van der Waals surface area contributed by atoms with E-state index >= 15 is 0 Å². The van der Waals surface area contributed by atoms with Crippen LogP contribution in [0.25, 0.3) is 0 Å². The van der Waals surface area contributed by atoms with Crippen molar-refractivity contribution < 1.29 is 34.0 Å². The van der Waals surface area contributed by atoms with Crippen LogP contribution in [0.15, 0.2) is 84.9 Å². The fourth-order valence-electron chi connectivity index (χ4n) is 4.07. The molecule has 0 aliphatic heterocycles. The molecule has 0 aliphatic rings. The number of aliphatic hydroxyl groups excluding tert-OH is 2. The van der Waals surface area contributed by atoms with Gasteiger partial charge in [0, 0.05) is 30.2 Å². The lowest BCUT2D eigenvalue weighted by Crippen LogP contribution is -2.12. The Morgan fingerprint density at radius 1 is 0.727 bits per heavy atom. The largest absolute Gasteiger partial charge is 0.491 e. The first-order chi connectivity index (χ1) is 21.4. The molecule has 44 heavy (non-hydrogen) atoms. The smallest absolute Gasteiger partial charge is 0.333 e. The minimum atomic E-state index is -0.453. The van der Waals surface area contributed by atoms with Gasteiger partial charge < -0.3 is 34.5 Å². The highest BCUT2D eigenvalue weighted by atomic mass is 16.6. The molecule has 230 valence electrons. The van der Waals surface area contributed by atoms with E-state index in [1.807, 2.05) is 60.7 Å². The van der Waals surface area contributed by atoms with Crippen LogP contribution < -0.4 is 19.5 Å². The lowest BCUT2D eigenvalue weighted by Gasteiger charge is -2.12. The first-order valence-electron chi connectivity index (χ1n) is 14.1. The molecule has 0 unspecified atom stereocenters. The van der Waals surface area contributed by atoms with Gasteiger partial charge in [-0.3, -0.25) is 0 Å². The Morgan fingerprint density at radius 3 is 1.80 bits per heavy atom. The predicted octanol–water partition coefficient (Wildman–Crippen LogP) is 4.04. The summed E-state index contributed by atoms with van der Waals surface area (Å²) in [5, 5.41) is 21.4. The van der Waals surface area contributed by atoms with Crippen LogP contribution in [0.1, 0.15) is 29.7 Å². The summed E-state index contributed by atoms with van der Waals surface area (Å²) in [5.41, 5.74) is 2.91. The Labute approximate surface area is 256 Å². The van der Waals surface area contributed by atoms with Crippen LogP contribution in [0, 0.1) is 0 Å². The van der Waals surface area contributed by atoms with E-state index in [0.717, 1.165) is 11.1 Å². The van der Waals surface area contributed by atoms with E-state index in [2.05, 4.69) is 21.9 Å². The zero-order valence-corrected chi connectivity index (χ0v) is 24.6. The number of aliphatic hydroxyl groups is 2. The highest BCUT2D eigenvalue weighted by Gasteiger charge is 2.11. The molecule has 4 aromatic rings. The molecule has 0 atom stereocenters. The van der Waals surface area contributed by atoms with E-state index in [-0.39, 0.29) is 39.6 Å². The van der Waals surface area contributed by atoms with Gasteiger partial charge in [0.1, 0.15) is 55.3 Å². The molecule has 0 fully saturated rings. The number of benzene rings is 3. The van der Waals surface area contributed by atoms with E-state index in [4.69, 9.17) is 34.1 Å². The average molecular weight is 601 g/mol. The number of nitrogens with zero attached hydrogens (tertiary/aromatic N) is 3. The number of hydrogen-bond acceptors (Lipinski definition) is 11. The minimum absolute atomic E-state index is 0.0724. The average Bonchev–Trinajstić information content (AvgIpc) is 3.01. The number of carbonyl (C=O) groups is 1. The molecule has 0 saturated heterocycles. The molecule has 0 radical (unpaired) electrons. The van der Waals surface area contributed by atoms with Gasteiger partial charge in [-0.05, 0) is 54.4 Å². The first kappa shape index (κ1) is 31.9. The number of rotatable bonds is 17. The van der Waals surface area contributed by atoms with Crippen LogP contribution in [0.4, 0.5) is 11.6 Å². The predicted molar refractivity (Wildman–Crippen MR) is 164 cm³/mol. The van der Waals surface area contributed by atoms with E-state index in [1.54, 1.807) is 19.1 Å². The van der Waals surface area contributed by atoms with Crippen molar-refractivity contribution in [1.82, 2.24) is 15.0 Å². The molecule has 0 bridgehead atoms. The second-order valence-corrected chi connectivity index (χ2v) is 9.70.